The van der Waals surface area contributed by atoms with E-state index in [0.29, 0.717) is 11.3 Å². The highest BCUT2D eigenvalue weighted by molar-refractivity contribution is 5.38. The topological polar surface area (TPSA) is 74.5 Å². The number of nitrogens with zero attached hydrogens (tertiary/aromatic N) is 3. The van der Waals surface area contributed by atoms with Crippen LogP contribution in [0.15, 0.2) is 35.4 Å². The number of hydrogen-bond donors (Lipinski definition) is 1. The van der Waals surface area contributed by atoms with Crippen LogP contribution in [0.5, 0.6) is 0 Å². The summed E-state index contributed by atoms with van der Waals surface area (Å²) in [6, 6.07) is 8.68. The van der Waals surface area contributed by atoms with Gasteiger partial charge in [0.05, 0.1) is 17.3 Å². The van der Waals surface area contributed by atoms with Gasteiger partial charge in [0.25, 0.3) is 0 Å². The molecule has 0 aliphatic heterocycles. The van der Waals surface area contributed by atoms with Crippen molar-refractivity contribution in [1.82, 2.24) is 14.8 Å². The number of hydrogen-bond acceptors (Lipinski definition) is 3. The fourth-order valence-corrected chi connectivity index (χ4v) is 1.13. The molecule has 0 spiro atoms. The Labute approximate surface area is 79.2 Å². The molecule has 5 heteroatoms. The van der Waals surface area contributed by atoms with Crippen LogP contribution in [-0.4, -0.2) is 14.8 Å². The van der Waals surface area contributed by atoms with E-state index < -0.39 is 0 Å². The average molecular weight is 186 g/mol. The molecule has 68 valence electrons. The van der Waals surface area contributed by atoms with Gasteiger partial charge < -0.3 is 0 Å². The van der Waals surface area contributed by atoms with E-state index in [-0.39, 0.29) is 5.69 Å². The molecule has 2 aromatic rings. The van der Waals surface area contributed by atoms with Gasteiger partial charge >= 0.3 is 5.69 Å². The van der Waals surface area contributed by atoms with Gasteiger partial charge in [-0.3, -0.25) is 0 Å². The molecule has 5 nitrogen and oxygen atoms in total. The molecule has 1 N–H and O–H groups in total. The molecule has 0 amide bonds. The Balaban J connectivity index is 2.50. The number of benzene rings is 1. The summed E-state index contributed by atoms with van der Waals surface area (Å²) in [5.41, 5.74) is 0.947. The second-order valence-electron chi connectivity index (χ2n) is 2.69. The van der Waals surface area contributed by atoms with Gasteiger partial charge in [-0.05, 0) is 24.3 Å². The summed E-state index contributed by atoms with van der Waals surface area (Å²) in [6.45, 7) is 0. The number of H-pyrrole nitrogens is 1. The largest absolute Gasteiger partial charge is 0.347 e. The molecule has 0 radical (unpaired) electrons. The van der Waals surface area contributed by atoms with Crippen LogP contribution in [0, 0.1) is 11.3 Å². The van der Waals surface area contributed by atoms with Crippen molar-refractivity contribution in [2.24, 2.45) is 0 Å². The van der Waals surface area contributed by atoms with E-state index >= 15 is 0 Å². The van der Waals surface area contributed by atoms with Gasteiger partial charge in [-0.2, -0.15) is 10.4 Å². The first kappa shape index (κ1) is 8.26. The maximum absolute atomic E-state index is 11.2. The van der Waals surface area contributed by atoms with Crippen molar-refractivity contribution in [1.29, 1.82) is 5.26 Å². The molecular weight excluding hydrogens is 180 g/mol. The van der Waals surface area contributed by atoms with Crippen LogP contribution < -0.4 is 5.69 Å². The molecule has 0 unspecified atom stereocenters. The Morgan fingerprint density at radius 3 is 2.57 bits per heavy atom. The number of nitriles is 1. The summed E-state index contributed by atoms with van der Waals surface area (Å²) >= 11 is 0. The Kier molecular flexibility index (Phi) is 1.88. The van der Waals surface area contributed by atoms with Crippen molar-refractivity contribution in [2.75, 3.05) is 0 Å². The number of aromatic amines is 1. The number of rotatable bonds is 1. The summed E-state index contributed by atoms with van der Waals surface area (Å²) in [6.07, 6.45) is 1.39. The molecule has 14 heavy (non-hydrogen) atoms. The molecular formula is C9H6N4O. The first-order valence-corrected chi connectivity index (χ1v) is 3.94. The molecule has 0 saturated heterocycles. The van der Waals surface area contributed by atoms with E-state index in [1.54, 1.807) is 24.3 Å². The van der Waals surface area contributed by atoms with Gasteiger partial charge in [0.15, 0.2) is 0 Å². The maximum atomic E-state index is 11.2. The van der Waals surface area contributed by atoms with Crippen LogP contribution in [0.1, 0.15) is 5.56 Å². The van der Waals surface area contributed by atoms with Crippen molar-refractivity contribution in [3.05, 3.63) is 46.6 Å². The Morgan fingerprint density at radius 2 is 2.07 bits per heavy atom. The van der Waals surface area contributed by atoms with Crippen molar-refractivity contribution in [3.63, 3.8) is 0 Å². The van der Waals surface area contributed by atoms with Crippen molar-refractivity contribution >= 4 is 0 Å². The highest BCUT2D eigenvalue weighted by Gasteiger charge is 1.99. The second-order valence-corrected chi connectivity index (χ2v) is 2.69. The zero-order valence-corrected chi connectivity index (χ0v) is 7.14. The first-order chi connectivity index (χ1) is 6.81. The summed E-state index contributed by atoms with van der Waals surface area (Å²) in [7, 11) is 0. The predicted molar refractivity (Wildman–Crippen MR) is 48.9 cm³/mol. The minimum atomic E-state index is -0.297. The average Bonchev–Trinajstić information content (AvgIpc) is 2.65. The Bertz CT molecular complexity index is 529. The first-order valence-electron chi connectivity index (χ1n) is 3.94. The zero-order chi connectivity index (χ0) is 9.97. The highest BCUT2D eigenvalue weighted by Crippen LogP contribution is 2.05. The van der Waals surface area contributed by atoms with Gasteiger partial charge in [-0.15, -0.1) is 0 Å². The van der Waals surface area contributed by atoms with Gasteiger partial charge in [0.1, 0.15) is 6.33 Å². The number of aromatic nitrogens is 3. The van der Waals surface area contributed by atoms with Crippen molar-refractivity contribution in [3.8, 4) is 11.8 Å². The summed E-state index contributed by atoms with van der Waals surface area (Å²) in [4.78, 5) is 11.2. The predicted octanol–water partition coefficient (Wildman–Crippen LogP) is 0.432. The van der Waals surface area contributed by atoms with Gasteiger partial charge in [0.2, 0.25) is 0 Å². The molecule has 1 heterocycles. The third kappa shape index (κ3) is 1.29. The second kappa shape index (κ2) is 3.18. The number of nitrogens with one attached hydrogen (secondary N) is 1. The minimum absolute atomic E-state index is 0.297. The van der Waals surface area contributed by atoms with E-state index in [4.69, 9.17) is 5.26 Å². The minimum Gasteiger partial charge on any atom is -0.250 e. The normalized spacial score (nSPS) is 9.64. The maximum Gasteiger partial charge on any atom is 0.347 e. The third-order valence-corrected chi connectivity index (χ3v) is 1.83. The Morgan fingerprint density at radius 1 is 1.36 bits per heavy atom. The van der Waals surface area contributed by atoms with Gasteiger partial charge in [-0.1, -0.05) is 0 Å². The molecule has 1 aromatic carbocycles. The van der Waals surface area contributed by atoms with E-state index in [2.05, 4.69) is 10.2 Å². The molecule has 2 rings (SSSR count). The molecule has 1 aromatic heterocycles. The van der Waals surface area contributed by atoms with E-state index in [0.717, 1.165) is 0 Å². The van der Waals surface area contributed by atoms with Gasteiger partial charge in [0, 0.05) is 0 Å². The van der Waals surface area contributed by atoms with Crippen LogP contribution in [0.3, 0.4) is 0 Å². The van der Waals surface area contributed by atoms with Crippen LogP contribution in [0.2, 0.25) is 0 Å². The molecule has 0 atom stereocenters. The van der Waals surface area contributed by atoms with Crippen LogP contribution in [0.4, 0.5) is 0 Å². The Hall–Kier alpha value is -2.35. The summed E-state index contributed by atoms with van der Waals surface area (Å²) in [5, 5.41) is 14.5. The zero-order valence-electron chi connectivity index (χ0n) is 7.14. The lowest BCUT2D eigenvalue weighted by atomic mass is 10.2. The smallest absolute Gasteiger partial charge is 0.250 e. The SMILES string of the molecule is N#Cc1ccc(-n2cn[nH]c2=O)cc1. The molecule has 0 bridgehead atoms. The summed E-state index contributed by atoms with van der Waals surface area (Å²) in [5.74, 6) is 0. The van der Waals surface area contributed by atoms with Crippen LogP contribution in [0.25, 0.3) is 5.69 Å². The summed E-state index contributed by atoms with van der Waals surface area (Å²) < 4.78 is 1.36. The fourth-order valence-electron chi connectivity index (χ4n) is 1.13. The highest BCUT2D eigenvalue weighted by atomic mass is 16.1. The standard InChI is InChI=1S/C9H6N4O/c10-5-7-1-3-8(4-2-7)13-6-11-12-9(13)14/h1-4,6H,(H,12,14). The van der Waals surface area contributed by atoms with Crippen LogP contribution in [-0.2, 0) is 0 Å². The van der Waals surface area contributed by atoms with Gasteiger partial charge in [-0.25, -0.2) is 14.5 Å². The molecule has 0 aliphatic carbocycles. The molecule has 0 saturated carbocycles. The lowest BCUT2D eigenvalue weighted by molar-refractivity contribution is 0.982. The molecule has 0 aliphatic rings. The third-order valence-electron chi connectivity index (χ3n) is 1.83. The van der Waals surface area contributed by atoms with Crippen molar-refractivity contribution < 1.29 is 0 Å². The lowest BCUT2D eigenvalue weighted by Gasteiger charge is -1.98. The van der Waals surface area contributed by atoms with Crippen molar-refractivity contribution in [2.45, 2.75) is 0 Å². The monoisotopic (exact) mass is 186 g/mol. The quantitative estimate of drug-likeness (QED) is 0.701. The lowest BCUT2D eigenvalue weighted by Crippen LogP contribution is -2.13. The van der Waals surface area contributed by atoms with E-state index in [1.165, 1.54) is 10.9 Å². The van der Waals surface area contributed by atoms with Crippen LogP contribution >= 0.6 is 0 Å². The molecule has 0 fully saturated rings. The van der Waals surface area contributed by atoms with E-state index in [1.807, 2.05) is 6.07 Å². The van der Waals surface area contributed by atoms with E-state index in [9.17, 15) is 4.79 Å². The fraction of sp³-hybridized carbons (Fsp3) is 0.